The number of ether oxygens (including phenoxy) is 1. The Balaban J connectivity index is 2.89. The fourth-order valence-electron chi connectivity index (χ4n) is 0.809. The van der Waals surface area contributed by atoms with Gasteiger partial charge in [0.25, 0.3) is 0 Å². The second-order valence-corrected chi connectivity index (χ2v) is 4.01. The molecule has 1 aromatic carbocycles. The Morgan fingerprint density at radius 3 is 2.07 bits per heavy atom. The molecule has 76 valence electrons. The first-order valence-corrected chi connectivity index (χ1v) is 5.08. The van der Waals surface area contributed by atoms with Crippen LogP contribution < -0.4 is 10.0 Å². The van der Waals surface area contributed by atoms with E-state index in [0.29, 0.717) is 0 Å². The molecule has 14 heavy (non-hydrogen) atoms. The van der Waals surface area contributed by atoms with Crippen molar-refractivity contribution in [3.8, 4) is 5.75 Å². The van der Waals surface area contributed by atoms with Crippen molar-refractivity contribution < 1.29 is 29.0 Å². The zero-order valence-electron chi connectivity index (χ0n) is 6.82. The summed E-state index contributed by atoms with van der Waals surface area (Å²) in [6, 6.07) is 4.56. The lowest BCUT2D eigenvalue weighted by Crippen LogP contribution is -2.06. The summed E-state index contributed by atoms with van der Waals surface area (Å²) < 4.78 is 14.9. The number of rotatable bonds is 2. The molecule has 1 rings (SSSR count). The Kier molecular flexibility index (Phi) is 2.90. The van der Waals surface area contributed by atoms with E-state index < -0.39 is 13.8 Å². The summed E-state index contributed by atoms with van der Waals surface area (Å²) in [5.74, 6) is 0.00898. The molecule has 0 fully saturated rings. The van der Waals surface area contributed by atoms with Gasteiger partial charge in [-0.15, -0.1) is 0 Å². The monoisotopic (exact) mass is 218 g/mol. The predicted octanol–water partition coefficient (Wildman–Crippen LogP) is 0.546. The average molecular weight is 218 g/mol. The predicted molar refractivity (Wildman–Crippen MR) is 46.8 cm³/mol. The van der Waals surface area contributed by atoms with Gasteiger partial charge in [0.05, 0.1) is 5.30 Å². The molecule has 7 heteroatoms. The van der Waals surface area contributed by atoms with Crippen LogP contribution in [0.1, 0.15) is 0 Å². The van der Waals surface area contributed by atoms with Gasteiger partial charge < -0.3 is 19.6 Å². The molecule has 0 aliphatic carbocycles. The molecule has 0 saturated carbocycles. The molecule has 0 aliphatic rings. The fourth-order valence-corrected chi connectivity index (χ4v) is 1.35. The van der Waals surface area contributed by atoms with Crippen molar-refractivity contribution in [1.29, 1.82) is 0 Å². The van der Waals surface area contributed by atoms with Gasteiger partial charge in [-0.2, -0.15) is 0 Å². The van der Waals surface area contributed by atoms with Crippen LogP contribution in [-0.2, 0) is 4.57 Å². The molecule has 1 aromatic rings. The molecule has 0 aromatic heterocycles. The number of carbonyl (C=O) groups is 1. The van der Waals surface area contributed by atoms with Crippen molar-refractivity contribution in [2.45, 2.75) is 0 Å². The van der Waals surface area contributed by atoms with E-state index in [1.54, 1.807) is 0 Å². The van der Waals surface area contributed by atoms with Gasteiger partial charge in [0.1, 0.15) is 5.75 Å². The zero-order chi connectivity index (χ0) is 10.8. The average Bonchev–Trinajstić information content (AvgIpc) is 2.02. The van der Waals surface area contributed by atoms with Gasteiger partial charge in [-0.25, -0.2) is 4.79 Å². The largest absolute Gasteiger partial charge is 0.511 e. The highest BCUT2D eigenvalue weighted by Gasteiger charge is 2.16. The van der Waals surface area contributed by atoms with E-state index in [-0.39, 0.29) is 11.1 Å². The first kappa shape index (κ1) is 10.7. The molecule has 0 spiro atoms. The van der Waals surface area contributed by atoms with E-state index >= 15 is 0 Å². The number of hydrogen-bond donors (Lipinski definition) is 3. The van der Waals surface area contributed by atoms with Crippen LogP contribution in [0.2, 0.25) is 0 Å². The molecular weight excluding hydrogens is 211 g/mol. The molecule has 6 nitrogen and oxygen atoms in total. The normalized spacial score (nSPS) is 11.0. The van der Waals surface area contributed by atoms with Crippen LogP contribution >= 0.6 is 7.60 Å². The molecule has 0 aliphatic heterocycles. The SMILES string of the molecule is O=C(O)Oc1ccc(P(=O)(O)O)cc1. The molecule has 0 amide bonds. The highest BCUT2D eigenvalue weighted by atomic mass is 31.2. The molecular formula is C7H7O6P. The van der Waals surface area contributed by atoms with Crippen molar-refractivity contribution in [1.82, 2.24) is 0 Å². The smallest absolute Gasteiger partial charge is 0.449 e. The Morgan fingerprint density at radius 1 is 1.21 bits per heavy atom. The summed E-state index contributed by atoms with van der Waals surface area (Å²) in [7, 11) is -4.28. The van der Waals surface area contributed by atoms with Crippen LogP contribution in [-0.4, -0.2) is 21.0 Å². The van der Waals surface area contributed by atoms with Crippen LogP contribution in [0, 0.1) is 0 Å². The highest BCUT2D eigenvalue weighted by Crippen LogP contribution is 2.33. The quantitative estimate of drug-likeness (QED) is 0.380. The number of hydrogen-bond acceptors (Lipinski definition) is 3. The summed E-state index contributed by atoms with van der Waals surface area (Å²) in [5, 5.41) is 8.04. The Bertz CT molecular complexity index is 378. The first-order valence-electron chi connectivity index (χ1n) is 3.46. The van der Waals surface area contributed by atoms with E-state index in [1.807, 2.05) is 0 Å². The third-order valence-electron chi connectivity index (χ3n) is 1.38. The standard InChI is InChI=1S/C7H7O6P/c8-7(9)13-5-1-3-6(4-2-5)14(10,11)12/h1-4H,(H,8,9)(H2,10,11,12). The van der Waals surface area contributed by atoms with Crippen molar-refractivity contribution in [2.24, 2.45) is 0 Å². The van der Waals surface area contributed by atoms with Gasteiger partial charge in [0, 0.05) is 0 Å². The first-order chi connectivity index (χ1) is 6.39. The van der Waals surface area contributed by atoms with E-state index in [0.717, 1.165) is 12.1 Å². The van der Waals surface area contributed by atoms with Gasteiger partial charge >= 0.3 is 13.8 Å². The minimum Gasteiger partial charge on any atom is -0.449 e. The molecule has 0 bridgehead atoms. The summed E-state index contributed by atoms with van der Waals surface area (Å²) in [6.45, 7) is 0. The highest BCUT2D eigenvalue weighted by molar-refractivity contribution is 7.60. The van der Waals surface area contributed by atoms with Crippen molar-refractivity contribution in [3.63, 3.8) is 0 Å². The van der Waals surface area contributed by atoms with E-state index in [1.165, 1.54) is 12.1 Å². The molecule has 0 heterocycles. The zero-order valence-corrected chi connectivity index (χ0v) is 7.72. The van der Waals surface area contributed by atoms with Gasteiger partial charge in [-0.05, 0) is 24.3 Å². The Labute approximate surface area is 78.9 Å². The van der Waals surface area contributed by atoms with Crippen LogP contribution in [0.5, 0.6) is 5.75 Å². The maximum absolute atomic E-state index is 10.7. The van der Waals surface area contributed by atoms with E-state index in [4.69, 9.17) is 14.9 Å². The number of benzene rings is 1. The molecule has 0 radical (unpaired) electrons. The lowest BCUT2D eigenvalue weighted by atomic mass is 10.3. The second-order valence-electron chi connectivity index (χ2n) is 2.41. The van der Waals surface area contributed by atoms with Crippen molar-refractivity contribution >= 4 is 19.1 Å². The van der Waals surface area contributed by atoms with Crippen LogP contribution in [0.15, 0.2) is 24.3 Å². The maximum Gasteiger partial charge on any atom is 0.511 e. The molecule has 0 unspecified atom stereocenters. The van der Waals surface area contributed by atoms with Gasteiger partial charge in [-0.1, -0.05) is 0 Å². The van der Waals surface area contributed by atoms with E-state index in [9.17, 15) is 9.36 Å². The number of carboxylic acid groups (broad SMARTS) is 1. The summed E-state index contributed by atoms with van der Waals surface area (Å²) >= 11 is 0. The Hall–Kier alpha value is -1.36. The topological polar surface area (TPSA) is 104 Å². The van der Waals surface area contributed by atoms with Crippen molar-refractivity contribution in [2.75, 3.05) is 0 Å². The summed E-state index contributed by atoms with van der Waals surface area (Å²) in [5.41, 5.74) is 0. The molecule has 0 atom stereocenters. The lowest BCUT2D eigenvalue weighted by Gasteiger charge is -2.04. The van der Waals surface area contributed by atoms with Crippen LogP contribution in [0.4, 0.5) is 4.79 Å². The second kappa shape index (κ2) is 3.79. The summed E-state index contributed by atoms with van der Waals surface area (Å²) in [6.07, 6.45) is -1.48. The Morgan fingerprint density at radius 2 is 1.71 bits per heavy atom. The maximum atomic E-state index is 10.7. The molecule has 3 N–H and O–H groups in total. The third kappa shape index (κ3) is 2.85. The molecule has 0 saturated heterocycles. The van der Waals surface area contributed by atoms with E-state index in [2.05, 4.69) is 4.74 Å². The van der Waals surface area contributed by atoms with Crippen LogP contribution in [0.3, 0.4) is 0 Å². The minimum absolute atomic E-state index is 0.00898. The van der Waals surface area contributed by atoms with Gasteiger partial charge in [-0.3, -0.25) is 4.57 Å². The lowest BCUT2D eigenvalue weighted by molar-refractivity contribution is 0.144. The van der Waals surface area contributed by atoms with Crippen molar-refractivity contribution in [3.05, 3.63) is 24.3 Å². The minimum atomic E-state index is -4.28. The van der Waals surface area contributed by atoms with Crippen LogP contribution in [0.25, 0.3) is 0 Å². The summed E-state index contributed by atoms with van der Waals surface area (Å²) in [4.78, 5) is 27.5. The van der Waals surface area contributed by atoms with Gasteiger partial charge in [0.2, 0.25) is 0 Å². The van der Waals surface area contributed by atoms with Gasteiger partial charge in [0.15, 0.2) is 0 Å². The third-order valence-corrected chi connectivity index (χ3v) is 2.35. The fraction of sp³-hybridized carbons (Fsp3) is 0.